The number of pyridine rings is 1. The molecule has 0 bridgehead atoms. The summed E-state index contributed by atoms with van der Waals surface area (Å²) in [5, 5.41) is 13.7. The second kappa shape index (κ2) is 17.3. The zero-order chi connectivity index (χ0) is 43.0. The van der Waals surface area contributed by atoms with Gasteiger partial charge in [-0.3, -0.25) is 28.7 Å². The molecule has 322 valence electrons. The van der Waals surface area contributed by atoms with Crippen molar-refractivity contribution in [3.05, 3.63) is 119 Å². The molecular weight excluding hydrogens is 833 g/mol. The van der Waals surface area contributed by atoms with Crippen LogP contribution in [0.2, 0.25) is 0 Å². The highest BCUT2D eigenvalue weighted by molar-refractivity contribution is 7.57. The van der Waals surface area contributed by atoms with E-state index < -0.39 is 43.4 Å². The van der Waals surface area contributed by atoms with Gasteiger partial charge in [0.05, 0.1) is 4.88 Å². The molecule has 1 aliphatic carbocycles. The first-order chi connectivity index (χ1) is 30.0. The molecule has 9 rings (SSSR count). The Kier molecular flexibility index (Phi) is 11.7. The smallest absolute Gasteiger partial charge is 0.355 e. The SMILES string of the molecule is C[C@H](NP(=O)(Oc1ccccc1)[C@@H](F)c1ccc2sc(C(=O)N[C@H]3CCC[C@H]4CC[C@@H](C(=O)N5C[C@@H](c6cccnc6)CC56CC6)N4C3=O)cc2c1)C(=O)OCc1cccnn1. The topological polar surface area (TPSA) is 173 Å². The molecule has 6 heterocycles. The molecule has 3 saturated heterocycles. The van der Waals surface area contributed by atoms with Gasteiger partial charge in [-0.1, -0.05) is 30.3 Å². The number of ether oxygens (including phenoxy) is 1. The molecule has 2 aromatic carbocycles. The number of carbonyl (C=O) groups is 4. The first-order valence-electron chi connectivity index (χ1n) is 21.1. The van der Waals surface area contributed by atoms with Gasteiger partial charge >= 0.3 is 13.5 Å². The van der Waals surface area contributed by atoms with Gasteiger partial charge in [-0.05, 0) is 123 Å². The second-order valence-electron chi connectivity index (χ2n) is 16.7. The number of nitrogens with zero attached hydrogens (tertiary/aromatic N) is 5. The minimum atomic E-state index is -4.53. The third kappa shape index (κ3) is 8.47. The number of amides is 3. The van der Waals surface area contributed by atoms with Gasteiger partial charge in [0.15, 0.2) is 0 Å². The van der Waals surface area contributed by atoms with E-state index in [9.17, 15) is 23.7 Å². The molecule has 2 N–H and O–H groups in total. The summed E-state index contributed by atoms with van der Waals surface area (Å²) >= 11 is 1.18. The van der Waals surface area contributed by atoms with Crippen molar-refractivity contribution >= 4 is 52.6 Å². The van der Waals surface area contributed by atoms with Crippen LogP contribution in [-0.2, 0) is 30.3 Å². The molecule has 3 aromatic heterocycles. The lowest BCUT2D eigenvalue weighted by Gasteiger charge is -2.34. The highest BCUT2D eigenvalue weighted by atomic mass is 32.1. The molecule has 5 aromatic rings. The lowest BCUT2D eigenvalue weighted by molar-refractivity contribution is -0.147. The number of para-hydroxylation sites is 1. The Balaban J connectivity index is 0.888. The van der Waals surface area contributed by atoms with Crippen LogP contribution in [-0.4, -0.2) is 84.9 Å². The van der Waals surface area contributed by atoms with Crippen molar-refractivity contribution in [1.82, 2.24) is 35.4 Å². The molecule has 0 radical (unpaired) electrons. The van der Waals surface area contributed by atoms with Crippen LogP contribution in [0.1, 0.15) is 96.6 Å². The number of hydrogen-bond donors (Lipinski definition) is 2. The number of carbonyl (C=O) groups excluding carboxylic acids is 4. The summed E-state index contributed by atoms with van der Waals surface area (Å²) in [6.45, 7) is 1.82. The van der Waals surface area contributed by atoms with E-state index in [0.29, 0.717) is 40.0 Å². The predicted molar refractivity (Wildman–Crippen MR) is 229 cm³/mol. The van der Waals surface area contributed by atoms with E-state index >= 15 is 4.39 Å². The highest BCUT2D eigenvalue weighted by Crippen LogP contribution is 2.58. The van der Waals surface area contributed by atoms with E-state index in [2.05, 4.69) is 31.7 Å². The number of likely N-dealkylation sites (tertiary alicyclic amines) is 1. The van der Waals surface area contributed by atoms with Crippen molar-refractivity contribution in [1.29, 1.82) is 0 Å². The Hall–Kier alpha value is -5.57. The van der Waals surface area contributed by atoms with Crippen LogP contribution in [0.3, 0.4) is 0 Å². The fraction of sp³-hybridized carbons (Fsp3) is 0.400. The molecular formula is C45H47FN7O7PS. The zero-order valence-corrected chi connectivity index (χ0v) is 35.8. The Bertz CT molecular complexity index is 2510. The molecule has 14 nitrogen and oxygen atoms in total. The van der Waals surface area contributed by atoms with Crippen molar-refractivity contribution < 1.29 is 37.4 Å². The Morgan fingerprint density at radius 2 is 1.82 bits per heavy atom. The first-order valence-corrected chi connectivity index (χ1v) is 23.6. The van der Waals surface area contributed by atoms with Crippen LogP contribution < -0.4 is 14.9 Å². The number of thiophene rings is 1. The summed E-state index contributed by atoms with van der Waals surface area (Å²) in [4.78, 5) is 64.0. The monoisotopic (exact) mass is 879 g/mol. The van der Waals surface area contributed by atoms with Gasteiger partial charge < -0.3 is 24.4 Å². The maximum Gasteiger partial charge on any atom is 0.355 e. The van der Waals surface area contributed by atoms with Gasteiger partial charge in [-0.25, -0.2) is 9.48 Å². The molecule has 4 aliphatic rings. The summed E-state index contributed by atoms with van der Waals surface area (Å²) < 4.78 is 43.0. The number of benzene rings is 2. The summed E-state index contributed by atoms with van der Waals surface area (Å²) in [5.41, 5.74) is 1.37. The van der Waals surface area contributed by atoms with Crippen LogP contribution in [0.15, 0.2) is 97.5 Å². The van der Waals surface area contributed by atoms with Crippen molar-refractivity contribution in [2.75, 3.05) is 6.54 Å². The normalized spacial score (nSPS) is 23.5. The number of fused-ring (bicyclic) bond motifs is 2. The van der Waals surface area contributed by atoms with Gasteiger partial charge in [-0.15, -0.1) is 11.3 Å². The molecule has 3 aliphatic heterocycles. The number of halogens is 1. The average molecular weight is 880 g/mol. The molecule has 1 saturated carbocycles. The van der Waals surface area contributed by atoms with Gasteiger partial charge in [0.25, 0.3) is 5.91 Å². The lowest BCUT2D eigenvalue weighted by Crippen LogP contribution is -2.56. The summed E-state index contributed by atoms with van der Waals surface area (Å²) in [5.74, 6) is -3.38. The van der Waals surface area contributed by atoms with Crippen LogP contribution >= 0.6 is 18.9 Å². The zero-order valence-electron chi connectivity index (χ0n) is 34.1. The minimum Gasteiger partial charge on any atom is -0.458 e. The van der Waals surface area contributed by atoms with E-state index in [0.717, 1.165) is 44.1 Å². The van der Waals surface area contributed by atoms with Crippen molar-refractivity contribution in [3.8, 4) is 5.75 Å². The third-order valence-corrected chi connectivity index (χ3v) is 15.8. The van der Waals surface area contributed by atoms with E-state index in [1.54, 1.807) is 53.6 Å². The number of aromatic nitrogens is 3. The maximum atomic E-state index is 16.7. The number of alkyl halides is 1. The molecule has 7 atom stereocenters. The fourth-order valence-corrected chi connectivity index (χ4v) is 12.1. The molecule has 1 spiro atoms. The average Bonchev–Trinajstić information content (AvgIpc) is 3.59. The minimum absolute atomic E-state index is 0.00150. The summed E-state index contributed by atoms with van der Waals surface area (Å²) in [7, 11) is -4.53. The fourth-order valence-electron chi connectivity index (χ4n) is 9.27. The molecule has 4 fully saturated rings. The van der Waals surface area contributed by atoms with Crippen molar-refractivity contribution in [2.24, 2.45) is 0 Å². The van der Waals surface area contributed by atoms with Gasteiger partial charge in [0.1, 0.15) is 36.2 Å². The molecule has 1 unspecified atom stereocenters. The van der Waals surface area contributed by atoms with E-state index in [4.69, 9.17) is 9.26 Å². The van der Waals surface area contributed by atoms with Gasteiger partial charge in [0.2, 0.25) is 17.7 Å². The number of hydrogen-bond acceptors (Lipinski definition) is 11. The van der Waals surface area contributed by atoms with Crippen LogP contribution in [0.25, 0.3) is 10.1 Å². The van der Waals surface area contributed by atoms with Crippen molar-refractivity contribution in [3.63, 3.8) is 0 Å². The van der Waals surface area contributed by atoms with Crippen LogP contribution in [0.4, 0.5) is 4.39 Å². The highest BCUT2D eigenvalue weighted by Gasteiger charge is 2.58. The van der Waals surface area contributed by atoms with Crippen LogP contribution in [0, 0.1) is 0 Å². The van der Waals surface area contributed by atoms with E-state index in [1.165, 1.54) is 48.7 Å². The van der Waals surface area contributed by atoms with E-state index in [1.807, 2.05) is 17.2 Å². The van der Waals surface area contributed by atoms with Crippen LogP contribution in [0.5, 0.6) is 5.75 Å². The quantitative estimate of drug-likeness (QED) is 0.0902. The van der Waals surface area contributed by atoms with Crippen molar-refractivity contribution in [2.45, 2.75) is 106 Å². The lowest BCUT2D eigenvalue weighted by atomic mass is 9.97. The van der Waals surface area contributed by atoms with Gasteiger partial charge in [-0.2, -0.15) is 10.2 Å². The Morgan fingerprint density at radius 3 is 2.58 bits per heavy atom. The van der Waals surface area contributed by atoms with Gasteiger partial charge in [0, 0.05) is 47.3 Å². The second-order valence-corrected chi connectivity index (χ2v) is 19.9. The summed E-state index contributed by atoms with van der Waals surface area (Å²) in [6.07, 6.45) is 11.2. The van der Waals surface area contributed by atoms with E-state index in [-0.39, 0.29) is 47.2 Å². The Morgan fingerprint density at radius 1 is 1.00 bits per heavy atom. The number of esters is 1. The first kappa shape index (κ1) is 41.8. The maximum absolute atomic E-state index is 16.7. The third-order valence-electron chi connectivity index (χ3n) is 12.6. The molecule has 62 heavy (non-hydrogen) atoms. The predicted octanol–water partition coefficient (Wildman–Crippen LogP) is 7.24. The number of nitrogens with one attached hydrogen (secondary N) is 2. The Labute approximate surface area is 362 Å². The summed E-state index contributed by atoms with van der Waals surface area (Å²) in [6, 6.07) is 18.9. The number of rotatable bonds is 13. The standard InChI is InChI=1S/C45H47FN7O7PS/c1-28(44(57)59-27-33-9-7-21-48-50-33)51-61(58,60-35-11-3-2-4-12-35)40(46)29-14-17-38-31(22-29)23-39(62-38)41(54)49-36-13-5-10-34-15-16-37(53(34)42(36)55)43(56)52-26-32(24-45(52)18-19-45)30-8-6-20-47-25-30/h2-4,6-9,11-12,14,17,20-23,25,28,32,34,36-37,40H,5,10,13,15-16,18-19,24,26-27H2,1H3,(H,49,54)(H,51,58)/t28-,32-,34-,36-,37-,40+,61?/m0/s1. The molecule has 3 amide bonds. The molecule has 17 heteroatoms. The largest absolute Gasteiger partial charge is 0.458 e.